The standard InChI is InChI=1S/C12H22N2O2S/c13-11-2-1-5-12(11)6-8-14(9-7-12)17(15,16)10-3-4-10/h10-11H,1-9,13H2. The minimum Gasteiger partial charge on any atom is -0.327 e. The minimum absolute atomic E-state index is 0.0613. The number of hydrogen-bond acceptors (Lipinski definition) is 3. The van der Waals surface area contributed by atoms with Crippen LogP contribution in [0.25, 0.3) is 0 Å². The van der Waals surface area contributed by atoms with Gasteiger partial charge in [-0.2, -0.15) is 0 Å². The van der Waals surface area contributed by atoms with E-state index in [0.717, 1.165) is 32.1 Å². The molecular formula is C12H22N2O2S. The van der Waals surface area contributed by atoms with E-state index in [-0.39, 0.29) is 10.7 Å². The summed E-state index contributed by atoms with van der Waals surface area (Å²) in [4.78, 5) is 0. The van der Waals surface area contributed by atoms with Crippen LogP contribution in [-0.4, -0.2) is 37.1 Å². The first-order valence-electron chi connectivity index (χ1n) is 6.79. The Balaban J connectivity index is 1.68. The van der Waals surface area contributed by atoms with Gasteiger partial charge in [-0.3, -0.25) is 0 Å². The van der Waals surface area contributed by atoms with Crippen LogP contribution in [0.2, 0.25) is 0 Å². The van der Waals surface area contributed by atoms with Crippen LogP contribution >= 0.6 is 0 Å². The molecule has 0 aromatic rings. The van der Waals surface area contributed by atoms with E-state index in [9.17, 15) is 8.42 Å². The first-order valence-corrected chi connectivity index (χ1v) is 8.29. The van der Waals surface area contributed by atoms with Gasteiger partial charge in [0.2, 0.25) is 10.0 Å². The quantitative estimate of drug-likeness (QED) is 0.806. The zero-order chi connectivity index (χ0) is 12.1. The highest BCUT2D eigenvalue weighted by atomic mass is 32.2. The lowest BCUT2D eigenvalue weighted by Crippen LogP contribution is -2.49. The van der Waals surface area contributed by atoms with Crippen molar-refractivity contribution in [2.24, 2.45) is 11.1 Å². The molecule has 2 aliphatic carbocycles. The summed E-state index contributed by atoms with van der Waals surface area (Å²) >= 11 is 0. The normalized spacial score (nSPS) is 34.3. The number of nitrogens with zero attached hydrogens (tertiary/aromatic N) is 1. The van der Waals surface area contributed by atoms with Crippen LogP contribution in [0.5, 0.6) is 0 Å². The van der Waals surface area contributed by atoms with E-state index in [2.05, 4.69) is 0 Å². The number of piperidine rings is 1. The molecule has 1 heterocycles. The molecule has 1 aliphatic heterocycles. The largest absolute Gasteiger partial charge is 0.327 e. The highest BCUT2D eigenvalue weighted by Gasteiger charge is 2.47. The first kappa shape index (κ1) is 11.9. The molecule has 0 radical (unpaired) electrons. The van der Waals surface area contributed by atoms with E-state index in [4.69, 9.17) is 5.73 Å². The van der Waals surface area contributed by atoms with Gasteiger partial charge in [0.05, 0.1) is 5.25 Å². The lowest BCUT2D eigenvalue weighted by molar-refractivity contribution is 0.140. The van der Waals surface area contributed by atoms with Crippen LogP contribution in [0.1, 0.15) is 44.9 Å². The number of rotatable bonds is 2. The maximum atomic E-state index is 12.1. The number of sulfonamides is 1. The van der Waals surface area contributed by atoms with Gasteiger partial charge in [-0.1, -0.05) is 6.42 Å². The predicted octanol–water partition coefficient (Wildman–Crippen LogP) is 1.07. The molecule has 1 spiro atoms. The minimum atomic E-state index is -2.96. The molecule has 1 atom stereocenters. The average Bonchev–Trinajstić information content (AvgIpc) is 3.09. The van der Waals surface area contributed by atoms with Gasteiger partial charge in [0, 0.05) is 19.1 Å². The Kier molecular flexibility index (Phi) is 2.76. The summed E-state index contributed by atoms with van der Waals surface area (Å²) in [7, 11) is -2.96. The highest BCUT2D eigenvalue weighted by Crippen LogP contribution is 2.46. The van der Waals surface area contributed by atoms with Gasteiger partial charge >= 0.3 is 0 Å². The summed E-state index contributed by atoms with van der Waals surface area (Å²) < 4.78 is 26.0. The third kappa shape index (κ3) is 1.92. The van der Waals surface area contributed by atoms with Gasteiger partial charge in [-0.15, -0.1) is 0 Å². The maximum absolute atomic E-state index is 12.1. The number of hydrogen-bond donors (Lipinski definition) is 1. The molecule has 3 fully saturated rings. The third-order valence-electron chi connectivity index (χ3n) is 5.00. The second kappa shape index (κ2) is 3.93. The summed E-state index contributed by atoms with van der Waals surface area (Å²) in [5.41, 5.74) is 6.46. The lowest BCUT2D eigenvalue weighted by Gasteiger charge is -2.41. The van der Waals surface area contributed by atoms with Crippen LogP contribution < -0.4 is 5.73 Å². The predicted molar refractivity (Wildman–Crippen MR) is 67.0 cm³/mol. The topological polar surface area (TPSA) is 63.4 Å². The molecule has 4 nitrogen and oxygen atoms in total. The SMILES string of the molecule is NC1CCCC12CCN(S(=O)(=O)C1CC1)CC2. The van der Waals surface area contributed by atoms with Gasteiger partial charge in [0.1, 0.15) is 0 Å². The Morgan fingerprint density at radius 3 is 2.18 bits per heavy atom. The Morgan fingerprint density at radius 1 is 1.06 bits per heavy atom. The van der Waals surface area contributed by atoms with Gasteiger partial charge in [0.25, 0.3) is 0 Å². The molecule has 2 N–H and O–H groups in total. The smallest absolute Gasteiger partial charge is 0.216 e. The van der Waals surface area contributed by atoms with Gasteiger partial charge < -0.3 is 5.73 Å². The van der Waals surface area contributed by atoms with Gasteiger partial charge in [-0.05, 0) is 43.9 Å². The highest BCUT2D eigenvalue weighted by molar-refractivity contribution is 7.90. The molecule has 3 rings (SSSR count). The fraction of sp³-hybridized carbons (Fsp3) is 1.00. The van der Waals surface area contributed by atoms with Crippen molar-refractivity contribution in [2.75, 3.05) is 13.1 Å². The molecule has 2 saturated carbocycles. The molecule has 3 aliphatic rings. The molecule has 5 heteroatoms. The zero-order valence-corrected chi connectivity index (χ0v) is 11.1. The van der Waals surface area contributed by atoms with Crippen molar-refractivity contribution in [3.05, 3.63) is 0 Å². The van der Waals surface area contributed by atoms with Crippen molar-refractivity contribution in [1.29, 1.82) is 0 Å². The summed E-state index contributed by atoms with van der Waals surface area (Å²) in [6, 6.07) is 0.299. The van der Waals surface area contributed by atoms with Crippen molar-refractivity contribution in [2.45, 2.75) is 56.2 Å². The van der Waals surface area contributed by atoms with E-state index in [1.54, 1.807) is 4.31 Å². The Morgan fingerprint density at radius 2 is 1.71 bits per heavy atom. The van der Waals surface area contributed by atoms with Crippen LogP contribution in [0, 0.1) is 5.41 Å². The molecule has 1 unspecified atom stereocenters. The van der Waals surface area contributed by atoms with Crippen LogP contribution in [-0.2, 0) is 10.0 Å². The van der Waals surface area contributed by atoms with Crippen molar-refractivity contribution in [3.8, 4) is 0 Å². The van der Waals surface area contributed by atoms with E-state index in [0.29, 0.717) is 19.1 Å². The van der Waals surface area contributed by atoms with Crippen LogP contribution in [0.15, 0.2) is 0 Å². The number of nitrogens with two attached hydrogens (primary N) is 1. The van der Waals surface area contributed by atoms with E-state index >= 15 is 0 Å². The van der Waals surface area contributed by atoms with Gasteiger partial charge in [0.15, 0.2) is 0 Å². The van der Waals surface area contributed by atoms with Crippen molar-refractivity contribution < 1.29 is 8.42 Å². The molecule has 0 aromatic heterocycles. The maximum Gasteiger partial charge on any atom is 0.216 e. The molecule has 17 heavy (non-hydrogen) atoms. The van der Waals surface area contributed by atoms with E-state index in [1.807, 2.05) is 0 Å². The summed E-state index contributed by atoms with van der Waals surface area (Å²) in [6.07, 6.45) is 7.21. The fourth-order valence-electron chi connectivity index (χ4n) is 3.55. The molecule has 98 valence electrons. The Hall–Kier alpha value is -0.130. The van der Waals surface area contributed by atoms with Crippen molar-refractivity contribution in [3.63, 3.8) is 0 Å². The second-order valence-corrected chi connectivity index (χ2v) is 8.22. The van der Waals surface area contributed by atoms with Crippen molar-refractivity contribution in [1.82, 2.24) is 4.31 Å². The first-order chi connectivity index (χ1) is 8.05. The fourth-order valence-corrected chi connectivity index (χ4v) is 5.39. The molecule has 0 amide bonds. The Labute approximate surface area is 104 Å². The summed E-state index contributed by atoms with van der Waals surface area (Å²) in [5, 5.41) is -0.0613. The summed E-state index contributed by atoms with van der Waals surface area (Å²) in [6.45, 7) is 1.40. The van der Waals surface area contributed by atoms with E-state index < -0.39 is 10.0 Å². The average molecular weight is 258 g/mol. The van der Waals surface area contributed by atoms with Gasteiger partial charge in [-0.25, -0.2) is 12.7 Å². The lowest BCUT2D eigenvalue weighted by atomic mass is 9.75. The zero-order valence-electron chi connectivity index (χ0n) is 10.3. The third-order valence-corrected chi connectivity index (χ3v) is 7.40. The monoisotopic (exact) mass is 258 g/mol. The second-order valence-electron chi connectivity index (χ2n) is 6.00. The molecule has 1 saturated heterocycles. The van der Waals surface area contributed by atoms with E-state index in [1.165, 1.54) is 12.8 Å². The Bertz CT molecular complexity index is 395. The molecule has 0 bridgehead atoms. The summed E-state index contributed by atoms with van der Waals surface area (Å²) in [5.74, 6) is 0. The van der Waals surface area contributed by atoms with Crippen molar-refractivity contribution >= 4 is 10.0 Å². The van der Waals surface area contributed by atoms with Crippen LogP contribution in [0.3, 0.4) is 0 Å². The van der Waals surface area contributed by atoms with Crippen LogP contribution in [0.4, 0.5) is 0 Å². The molecular weight excluding hydrogens is 236 g/mol. The molecule has 0 aromatic carbocycles.